The van der Waals surface area contributed by atoms with E-state index in [0.29, 0.717) is 11.1 Å². The van der Waals surface area contributed by atoms with E-state index >= 15 is 0 Å². The Labute approximate surface area is 175 Å². The van der Waals surface area contributed by atoms with E-state index < -0.39 is 36.2 Å². The second-order valence-electron chi connectivity index (χ2n) is 6.87. The fourth-order valence-electron chi connectivity index (χ4n) is 2.24. The van der Waals surface area contributed by atoms with Crippen LogP contribution in [0.15, 0.2) is 24.3 Å². The molecule has 0 aliphatic carbocycles. The van der Waals surface area contributed by atoms with Crippen LogP contribution in [0, 0.1) is 0 Å². The summed E-state index contributed by atoms with van der Waals surface area (Å²) < 4.78 is 51.4. The molecule has 1 N–H and O–H groups in total. The molecule has 6 nitrogen and oxygen atoms in total. The van der Waals surface area contributed by atoms with Gasteiger partial charge in [0.1, 0.15) is 17.7 Å². The number of hydrogen-bond acceptors (Lipinski definition) is 5. The summed E-state index contributed by atoms with van der Waals surface area (Å²) in [4.78, 5) is 23.9. The van der Waals surface area contributed by atoms with Crippen molar-refractivity contribution in [1.82, 2.24) is 5.32 Å². The number of methoxy groups -OCH3 is 1. The maximum atomic E-state index is 12.5. The van der Waals surface area contributed by atoms with Gasteiger partial charge in [0.15, 0.2) is 0 Å². The number of amides is 1. The molecule has 10 heteroatoms. The topological polar surface area (TPSA) is 73.9 Å². The Morgan fingerprint density at radius 1 is 1.14 bits per heavy atom. The van der Waals surface area contributed by atoms with Crippen LogP contribution in [0.3, 0.4) is 0 Å². The van der Waals surface area contributed by atoms with E-state index in [1.54, 1.807) is 32.9 Å². The van der Waals surface area contributed by atoms with Gasteiger partial charge in [-0.15, -0.1) is 13.2 Å². The van der Waals surface area contributed by atoms with E-state index in [4.69, 9.17) is 9.47 Å². The molecule has 0 aromatic heterocycles. The smallest absolute Gasteiger partial charge is 0.467 e. The van der Waals surface area contributed by atoms with Gasteiger partial charge in [0.05, 0.1) is 7.11 Å². The van der Waals surface area contributed by atoms with Crippen LogP contribution < -0.4 is 5.32 Å². The van der Waals surface area contributed by atoms with Crippen LogP contribution in [0.1, 0.15) is 38.0 Å². The van der Waals surface area contributed by atoms with Gasteiger partial charge in [-0.25, -0.2) is 9.59 Å². The number of rotatable bonds is 7. The van der Waals surface area contributed by atoms with Gasteiger partial charge < -0.3 is 14.8 Å². The van der Waals surface area contributed by atoms with Crippen LogP contribution >= 0.6 is 22.6 Å². The summed E-state index contributed by atoms with van der Waals surface area (Å²) in [6.07, 6.45) is -6.56. The minimum atomic E-state index is -4.73. The second kappa shape index (κ2) is 10.3. The van der Waals surface area contributed by atoms with Gasteiger partial charge in [0.25, 0.3) is 0 Å². The number of hydrogen-bond donors (Lipinski definition) is 1. The number of nitrogens with one attached hydrogen (secondary N) is 1. The largest absolute Gasteiger partial charge is 0.523 e. The Bertz CT molecular complexity index is 659. The predicted octanol–water partition coefficient (Wildman–Crippen LogP) is 4.31. The highest BCUT2D eigenvalue weighted by Crippen LogP contribution is 2.29. The van der Waals surface area contributed by atoms with Gasteiger partial charge in [0.2, 0.25) is 0 Å². The highest BCUT2D eigenvalue weighted by atomic mass is 127. The summed E-state index contributed by atoms with van der Waals surface area (Å²) in [7, 11) is 1.19. The second-order valence-corrected chi connectivity index (χ2v) is 7.76. The molecule has 0 bridgehead atoms. The van der Waals surface area contributed by atoms with Crippen molar-refractivity contribution < 1.29 is 37.0 Å². The number of carbonyl (C=O) groups excluding carboxylic acids is 2. The van der Waals surface area contributed by atoms with Gasteiger partial charge >= 0.3 is 18.4 Å². The molecule has 0 aliphatic heterocycles. The SMILES string of the molecule is COC(=O)[C@H](Cc1ccc(C(CI)OC(F)(F)F)cc1)NC(=O)OC(C)(C)C. The summed E-state index contributed by atoms with van der Waals surface area (Å²) in [6, 6.07) is 5.12. The Morgan fingerprint density at radius 2 is 1.71 bits per heavy atom. The summed E-state index contributed by atoms with van der Waals surface area (Å²) >= 11 is 1.81. The lowest BCUT2D eigenvalue weighted by atomic mass is 10.0. The van der Waals surface area contributed by atoms with Crippen molar-refractivity contribution in [2.75, 3.05) is 11.5 Å². The average Bonchev–Trinajstić information content (AvgIpc) is 2.56. The zero-order valence-electron chi connectivity index (χ0n) is 15.9. The average molecular weight is 517 g/mol. The summed E-state index contributed by atoms with van der Waals surface area (Å²) in [5.41, 5.74) is 0.235. The monoisotopic (exact) mass is 517 g/mol. The maximum Gasteiger partial charge on any atom is 0.523 e. The number of alkyl carbamates (subject to hydrolysis) is 1. The van der Waals surface area contributed by atoms with Crippen LogP contribution in [-0.4, -0.2) is 41.6 Å². The van der Waals surface area contributed by atoms with Crippen LogP contribution in [0.4, 0.5) is 18.0 Å². The van der Waals surface area contributed by atoms with Crippen molar-refractivity contribution >= 4 is 34.7 Å². The van der Waals surface area contributed by atoms with Crippen molar-refractivity contribution in [1.29, 1.82) is 0 Å². The third-order valence-electron chi connectivity index (χ3n) is 3.38. The van der Waals surface area contributed by atoms with Gasteiger partial charge in [0, 0.05) is 10.8 Å². The molecule has 158 valence electrons. The van der Waals surface area contributed by atoms with E-state index in [-0.39, 0.29) is 10.8 Å². The lowest BCUT2D eigenvalue weighted by molar-refractivity contribution is -0.341. The van der Waals surface area contributed by atoms with Gasteiger partial charge in [-0.3, -0.25) is 4.74 Å². The van der Waals surface area contributed by atoms with Crippen LogP contribution in [0.5, 0.6) is 0 Å². The first-order valence-electron chi connectivity index (χ1n) is 8.31. The Balaban J connectivity index is 2.86. The first-order chi connectivity index (χ1) is 12.8. The van der Waals surface area contributed by atoms with Crippen LogP contribution in [0.2, 0.25) is 0 Å². The van der Waals surface area contributed by atoms with E-state index in [2.05, 4.69) is 10.1 Å². The zero-order valence-corrected chi connectivity index (χ0v) is 18.1. The Hall–Kier alpha value is -1.56. The molecular formula is C18H23F3INO5. The standard InChI is InChI=1S/C18H23F3INO5/c1-17(2,3)28-16(25)23-13(15(24)26-4)9-11-5-7-12(8-6-11)14(10-22)27-18(19,20)21/h5-8,13-14H,9-10H2,1-4H3,(H,23,25)/t13-,14?/m0/s1. The molecule has 1 amide bonds. The molecule has 2 atom stereocenters. The molecule has 1 aromatic rings. The van der Waals surface area contributed by atoms with Crippen molar-refractivity contribution in [2.45, 2.75) is 51.3 Å². The molecule has 1 unspecified atom stereocenters. The number of esters is 1. The first-order valence-corrected chi connectivity index (χ1v) is 9.84. The highest BCUT2D eigenvalue weighted by Gasteiger charge is 2.34. The third kappa shape index (κ3) is 9.09. The number of halogens is 4. The number of alkyl halides is 4. The van der Waals surface area contributed by atoms with Gasteiger partial charge in [-0.05, 0) is 31.9 Å². The van der Waals surface area contributed by atoms with Crippen LogP contribution in [-0.2, 0) is 25.4 Å². The molecule has 0 heterocycles. The van der Waals surface area contributed by atoms with E-state index in [1.807, 2.05) is 22.6 Å². The number of carbonyl (C=O) groups is 2. The highest BCUT2D eigenvalue weighted by molar-refractivity contribution is 14.1. The molecule has 0 spiro atoms. The molecule has 0 radical (unpaired) electrons. The normalized spacial score (nSPS) is 14.1. The molecule has 1 rings (SSSR count). The fourth-order valence-corrected chi connectivity index (χ4v) is 2.93. The quantitative estimate of drug-likeness (QED) is 0.332. The summed E-state index contributed by atoms with van der Waals surface area (Å²) in [5.74, 6) is -0.666. The van der Waals surface area contributed by atoms with Gasteiger partial charge in [-0.2, -0.15) is 0 Å². The third-order valence-corrected chi connectivity index (χ3v) is 4.18. The zero-order chi connectivity index (χ0) is 21.5. The van der Waals surface area contributed by atoms with E-state index in [1.165, 1.54) is 19.2 Å². The Kier molecular flexibility index (Phi) is 8.99. The fraction of sp³-hybridized carbons (Fsp3) is 0.556. The van der Waals surface area contributed by atoms with Crippen molar-refractivity contribution in [3.8, 4) is 0 Å². The van der Waals surface area contributed by atoms with Gasteiger partial charge in [-0.1, -0.05) is 46.9 Å². The van der Waals surface area contributed by atoms with Crippen molar-refractivity contribution in [3.05, 3.63) is 35.4 Å². The van der Waals surface area contributed by atoms with E-state index in [0.717, 1.165) is 0 Å². The summed E-state index contributed by atoms with van der Waals surface area (Å²) in [6.45, 7) is 5.06. The van der Waals surface area contributed by atoms with Crippen molar-refractivity contribution in [2.24, 2.45) is 0 Å². The molecule has 28 heavy (non-hydrogen) atoms. The maximum absolute atomic E-state index is 12.5. The summed E-state index contributed by atoms with van der Waals surface area (Å²) in [5, 5.41) is 2.44. The van der Waals surface area contributed by atoms with E-state index in [9.17, 15) is 22.8 Å². The number of benzene rings is 1. The molecule has 0 saturated carbocycles. The molecule has 0 saturated heterocycles. The lowest BCUT2D eigenvalue weighted by Gasteiger charge is -2.23. The molecule has 1 aromatic carbocycles. The molecule has 0 aliphatic rings. The van der Waals surface area contributed by atoms with Crippen LogP contribution in [0.25, 0.3) is 0 Å². The minimum Gasteiger partial charge on any atom is -0.467 e. The minimum absolute atomic E-state index is 0.0845. The predicted molar refractivity (Wildman–Crippen MR) is 104 cm³/mol. The van der Waals surface area contributed by atoms with Crippen molar-refractivity contribution in [3.63, 3.8) is 0 Å². The molecular weight excluding hydrogens is 494 g/mol. The Morgan fingerprint density at radius 3 is 2.14 bits per heavy atom. The number of ether oxygens (including phenoxy) is 3. The lowest BCUT2D eigenvalue weighted by Crippen LogP contribution is -2.45. The first kappa shape index (κ1) is 24.5. The molecule has 0 fully saturated rings.